The number of nitrogens with one attached hydrogen (secondary N) is 2. The third-order valence-electron chi connectivity index (χ3n) is 4.29. The highest BCUT2D eigenvalue weighted by Crippen LogP contribution is 2.26. The predicted molar refractivity (Wildman–Crippen MR) is 117 cm³/mol. The van der Waals surface area contributed by atoms with Crippen LogP contribution in [0, 0.1) is 0 Å². The van der Waals surface area contributed by atoms with Gasteiger partial charge in [-0.3, -0.25) is 10.1 Å². The minimum Gasteiger partial charge on any atom is -0.372 e. The fourth-order valence-electron chi connectivity index (χ4n) is 2.90. The molecular formula is C20H30N6O2S. The number of aromatic nitrogens is 3. The van der Waals surface area contributed by atoms with E-state index in [0.717, 1.165) is 24.5 Å². The first-order valence-corrected chi connectivity index (χ1v) is 10.9. The van der Waals surface area contributed by atoms with E-state index >= 15 is 0 Å². The molecule has 3 amide bonds. The Morgan fingerprint density at radius 3 is 2.31 bits per heavy atom. The van der Waals surface area contributed by atoms with Crippen LogP contribution in [0.5, 0.6) is 0 Å². The van der Waals surface area contributed by atoms with Crippen LogP contribution in [-0.4, -0.2) is 51.6 Å². The van der Waals surface area contributed by atoms with Crippen LogP contribution in [0.15, 0.2) is 29.4 Å². The Morgan fingerprint density at radius 2 is 1.76 bits per heavy atom. The molecule has 29 heavy (non-hydrogen) atoms. The summed E-state index contributed by atoms with van der Waals surface area (Å²) in [5.74, 6) is 0.479. The van der Waals surface area contributed by atoms with Gasteiger partial charge in [0.15, 0.2) is 11.0 Å². The number of carbonyl (C=O) groups is 2. The SMILES string of the molecule is CCN(CC)c1ccc(-c2nnc(SCC(=O)NC(=O)NC(C)C)n2CC)cc1. The van der Waals surface area contributed by atoms with Crippen LogP contribution in [0.25, 0.3) is 11.4 Å². The van der Waals surface area contributed by atoms with E-state index in [9.17, 15) is 9.59 Å². The first-order chi connectivity index (χ1) is 13.9. The molecule has 2 N–H and O–H groups in total. The summed E-state index contributed by atoms with van der Waals surface area (Å²) >= 11 is 1.26. The summed E-state index contributed by atoms with van der Waals surface area (Å²) in [6.45, 7) is 12.5. The second kappa shape index (κ2) is 10.8. The lowest BCUT2D eigenvalue weighted by molar-refractivity contribution is -0.117. The van der Waals surface area contributed by atoms with Crippen molar-refractivity contribution < 1.29 is 9.59 Å². The molecule has 0 saturated heterocycles. The van der Waals surface area contributed by atoms with Crippen LogP contribution in [0.3, 0.4) is 0 Å². The second-order valence-electron chi connectivity index (χ2n) is 6.73. The molecule has 1 heterocycles. The standard InChI is InChI=1S/C20H30N6O2S/c1-6-25(7-2)16-11-9-15(10-12-16)18-23-24-20(26(18)8-3)29-13-17(27)22-19(28)21-14(4)5/h9-12,14H,6-8,13H2,1-5H3,(H2,21,22,27,28). The number of anilines is 1. The molecule has 8 nitrogen and oxygen atoms in total. The Kier molecular flexibility index (Phi) is 8.50. The van der Waals surface area contributed by atoms with Gasteiger partial charge in [-0.1, -0.05) is 11.8 Å². The lowest BCUT2D eigenvalue weighted by Crippen LogP contribution is -2.43. The number of hydrogen-bond acceptors (Lipinski definition) is 6. The molecule has 0 unspecified atom stereocenters. The van der Waals surface area contributed by atoms with Gasteiger partial charge in [0.2, 0.25) is 5.91 Å². The molecule has 0 aliphatic carbocycles. The molecule has 1 aromatic heterocycles. The van der Waals surface area contributed by atoms with Crippen molar-refractivity contribution in [2.45, 2.75) is 52.4 Å². The number of nitrogens with zero attached hydrogens (tertiary/aromatic N) is 4. The summed E-state index contributed by atoms with van der Waals surface area (Å²) in [7, 11) is 0. The van der Waals surface area contributed by atoms with Crippen molar-refractivity contribution in [3.05, 3.63) is 24.3 Å². The number of carbonyl (C=O) groups excluding carboxylic acids is 2. The molecule has 0 radical (unpaired) electrons. The quantitative estimate of drug-likeness (QED) is 0.608. The van der Waals surface area contributed by atoms with Crippen LogP contribution in [0.4, 0.5) is 10.5 Å². The van der Waals surface area contributed by atoms with Crippen molar-refractivity contribution in [2.24, 2.45) is 0 Å². The smallest absolute Gasteiger partial charge is 0.321 e. The third-order valence-corrected chi connectivity index (χ3v) is 5.26. The number of thioether (sulfide) groups is 1. The third kappa shape index (κ3) is 6.22. The Balaban J connectivity index is 2.06. The number of rotatable bonds is 9. The Morgan fingerprint density at radius 1 is 1.10 bits per heavy atom. The molecular weight excluding hydrogens is 388 g/mol. The zero-order valence-electron chi connectivity index (χ0n) is 17.7. The molecule has 9 heteroatoms. The summed E-state index contributed by atoms with van der Waals surface area (Å²) in [5.41, 5.74) is 2.15. The monoisotopic (exact) mass is 418 g/mol. The Hall–Kier alpha value is -2.55. The highest BCUT2D eigenvalue weighted by molar-refractivity contribution is 7.99. The van der Waals surface area contributed by atoms with Crippen LogP contribution < -0.4 is 15.5 Å². The van der Waals surface area contributed by atoms with Gasteiger partial charge < -0.3 is 14.8 Å². The molecule has 1 aromatic carbocycles. The highest BCUT2D eigenvalue weighted by Gasteiger charge is 2.16. The van der Waals surface area contributed by atoms with Gasteiger partial charge in [-0.15, -0.1) is 10.2 Å². The average Bonchev–Trinajstić information content (AvgIpc) is 3.10. The van der Waals surface area contributed by atoms with E-state index < -0.39 is 6.03 Å². The molecule has 0 atom stereocenters. The van der Waals surface area contributed by atoms with Crippen molar-refractivity contribution in [1.82, 2.24) is 25.4 Å². The second-order valence-corrected chi connectivity index (χ2v) is 7.68. The molecule has 0 aliphatic rings. The summed E-state index contributed by atoms with van der Waals surface area (Å²) in [6.07, 6.45) is 0. The lowest BCUT2D eigenvalue weighted by Gasteiger charge is -2.21. The molecule has 0 fully saturated rings. The van der Waals surface area contributed by atoms with Gasteiger partial charge in [0.25, 0.3) is 0 Å². The van der Waals surface area contributed by atoms with E-state index in [1.807, 2.05) is 37.5 Å². The molecule has 158 valence electrons. The zero-order valence-corrected chi connectivity index (χ0v) is 18.5. The van der Waals surface area contributed by atoms with Crippen LogP contribution in [0.2, 0.25) is 0 Å². The lowest BCUT2D eigenvalue weighted by atomic mass is 10.2. The van der Waals surface area contributed by atoms with E-state index in [1.165, 1.54) is 17.4 Å². The van der Waals surface area contributed by atoms with Crippen molar-refractivity contribution in [3.8, 4) is 11.4 Å². The number of benzene rings is 1. The summed E-state index contributed by atoms with van der Waals surface area (Å²) < 4.78 is 1.97. The summed E-state index contributed by atoms with van der Waals surface area (Å²) in [5, 5.41) is 14.1. The number of hydrogen-bond donors (Lipinski definition) is 2. The van der Waals surface area contributed by atoms with Crippen LogP contribution in [0.1, 0.15) is 34.6 Å². The highest BCUT2D eigenvalue weighted by atomic mass is 32.2. The van der Waals surface area contributed by atoms with Gasteiger partial charge >= 0.3 is 6.03 Å². The maximum atomic E-state index is 12.0. The van der Waals surface area contributed by atoms with E-state index in [2.05, 4.69) is 51.7 Å². The van der Waals surface area contributed by atoms with E-state index in [1.54, 1.807) is 0 Å². The van der Waals surface area contributed by atoms with Gasteiger partial charge in [-0.25, -0.2) is 4.79 Å². The van der Waals surface area contributed by atoms with Crippen molar-refractivity contribution in [2.75, 3.05) is 23.7 Å². The molecule has 0 bridgehead atoms. The predicted octanol–water partition coefficient (Wildman–Crippen LogP) is 3.14. The number of urea groups is 1. The van der Waals surface area contributed by atoms with E-state index in [4.69, 9.17) is 0 Å². The fourth-order valence-corrected chi connectivity index (χ4v) is 3.70. The Bertz CT molecular complexity index is 815. The van der Waals surface area contributed by atoms with E-state index in [-0.39, 0.29) is 17.7 Å². The normalized spacial score (nSPS) is 10.8. The molecule has 0 aliphatic heterocycles. The maximum absolute atomic E-state index is 12.0. The van der Waals surface area contributed by atoms with Gasteiger partial charge in [0.05, 0.1) is 5.75 Å². The molecule has 0 saturated carbocycles. The number of imide groups is 1. The maximum Gasteiger partial charge on any atom is 0.321 e. The van der Waals surface area contributed by atoms with Gasteiger partial charge in [-0.05, 0) is 58.9 Å². The minimum absolute atomic E-state index is 0.0330. The van der Waals surface area contributed by atoms with E-state index in [0.29, 0.717) is 11.7 Å². The largest absolute Gasteiger partial charge is 0.372 e. The average molecular weight is 419 g/mol. The summed E-state index contributed by atoms with van der Waals surface area (Å²) in [4.78, 5) is 25.9. The van der Waals surface area contributed by atoms with Crippen LogP contribution in [-0.2, 0) is 11.3 Å². The van der Waals surface area contributed by atoms with Gasteiger partial charge in [0.1, 0.15) is 0 Å². The zero-order chi connectivity index (χ0) is 21.4. The fraction of sp³-hybridized carbons (Fsp3) is 0.500. The van der Waals surface area contributed by atoms with Crippen LogP contribution >= 0.6 is 11.8 Å². The minimum atomic E-state index is -0.489. The van der Waals surface area contributed by atoms with Crippen molar-refractivity contribution in [1.29, 1.82) is 0 Å². The first kappa shape index (κ1) is 22.7. The topological polar surface area (TPSA) is 92.2 Å². The molecule has 0 spiro atoms. The van der Waals surface area contributed by atoms with Crippen molar-refractivity contribution in [3.63, 3.8) is 0 Å². The Labute approximate surface area is 176 Å². The van der Waals surface area contributed by atoms with Gasteiger partial charge in [0, 0.05) is 36.9 Å². The molecule has 2 aromatic rings. The molecule has 2 rings (SSSR count). The number of amides is 3. The van der Waals surface area contributed by atoms with Crippen molar-refractivity contribution >= 4 is 29.4 Å². The van der Waals surface area contributed by atoms with Gasteiger partial charge in [-0.2, -0.15) is 0 Å². The summed E-state index contributed by atoms with van der Waals surface area (Å²) in [6, 6.07) is 7.74. The first-order valence-electron chi connectivity index (χ1n) is 9.91.